The maximum absolute atomic E-state index is 12.3. The minimum atomic E-state index is -4.63. The molecule has 0 spiro atoms. The van der Waals surface area contributed by atoms with Crippen LogP contribution in [0.2, 0.25) is 0 Å². The summed E-state index contributed by atoms with van der Waals surface area (Å²) in [5.74, 6) is -0.736. The van der Waals surface area contributed by atoms with Gasteiger partial charge in [0.25, 0.3) is 0 Å². The predicted molar refractivity (Wildman–Crippen MR) is 86.2 cm³/mol. The molecular formula is C15H19N3O5S. The molecule has 0 fully saturated rings. The lowest BCUT2D eigenvalue weighted by molar-refractivity contribution is -0.148. The highest BCUT2D eigenvalue weighted by Crippen LogP contribution is 2.15. The molecule has 2 aromatic rings. The van der Waals surface area contributed by atoms with E-state index >= 15 is 0 Å². The number of esters is 1. The van der Waals surface area contributed by atoms with E-state index in [0.29, 0.717) is 5.56 Å². The first-order valence-corrected chi connectivity index (χ1v) is 8.72. The Kier molecular flexibility index (Phi) is 6.07. The summed E-state index contributed by atoms with van der Waals surface area (Å²) in [4.78, 5) is 16.1. The van der Waals surface area contributed by atoms with Crippen LogP contribution in [0.25, 0.3) is 0 Å². The number of nitrogens with zero attached hydrogens (tertiary/aromatic N) is 3. The van der Waals surface area contributed by atoms with Crippen molar-refractivity contribution in [2.45, 2.75) is 26.1 Å². The molecular weight excluding hydrogens is 334 g/mol. The summed E-state index contributed by atoms with van der Waals surface area (Å²) in [5.41, 5.74) is 0.634. The summed E-state index contributed by atoms with van der Waals surface area (Å²) in [6.45, 7) is 1.55. The van der Waals surface area contributed by atoms with E-state index in [4.69, 9.17) is 4.74 Å². The van der Waals surface area contributed by atoms with Crippen molar-refractivity contribution in [2.75, 3.05) is 6.61 Å². The zero-order valence-electron chi connectivity index (χ0n) is 13.1. The van der Waals surface area contributed by atoms with Crippen LogP contribution in [0.1, 0.15) is 12.5 Å². The summed E-state index contributed by atoms with van der Waals surface area (Å²) in [5, 5.41) is 0. The Bertz CT molecular complexity index is 747. The first kappa shape index (κ1) is 18.1. The van der Waals surface area contributed by atoms with Gasteiger partial charge < -0.3 is 9.30 Å². The minimum absolute atomic E-state index is 0.0224. The van der Waals surface area contributed by atoms with E-state index < -0.39 is 22.3 Å². The van der Waals surface area contributed by atoms with Crippen molar-refractivity contribution in [3.63, 3.8) is 0 Å². The highest BCUT2D eigenvalue weighted by atomic mass is 32.2. The third-order valence-corrected chi connectivity index (χ3v) is 4.30. The number of hydrogen-bond donors (Lipinski definition) is 1. The Morgan fingerprint density at radius 1 is 1.38 bits per heavy atom. The molecule has 1 N–H and O–H groups in total. The van der Waals surface area contributed by atoms with E-state index in [-0.39, 0.29) is 19.7 Å². The average Bonchev–Trinajstić information content (AvgIpc) is 3.04. The Labute approximate surface area is 140 Å². The molecule has 24 heavy (non-hydrogen) atoms. The first-order valence-electron chi connectivity index (χ1n) is 7.32. The highest BCUT2D eigenvalue weighted by molar-refractivity contribution is 7.83. The molecule has 0 unspecified atom stereocenters. The normalized spacial score (nSPS) is 13.0. The van der Waals surface area contributed by atoms with Crippen molar-refractivity contribution < 1.29 is 22.5 Å². The molecule has 0 bridgehead atoms. The van der Waals surface area contributed by atoms with Gasteiger partial charge in [-0.1, -0.05) is 30.3 Å². The van der Waals surface area contributed by atoms with Gasteiger partial charge in [-0.2, -0.15) is 12.7 Å². The molecule has 1 heterocycles. The lowest BCUT2D eigenvalue weighted by Gasteiger charge is -2.27. The van der Waals surface area contributed by atoms with E-state index in [2.05, 4.69) is 4.98 Å². The largest absolute Gasteiger partial charge is 0.465 e. The van der Waals surface area contributed by atoms with Crippen LogP contribution in [0.15, 0.2) is 49.1 Å². The zero-order chi connectivity index (χ0) is 17.6. The SMILES string of the molecule is CCOC(=O)[C@H](Cn1ccnc1)N(Cc1ccccc1)S(=O)(=O)O. The molecule has 1 aromatic carbocycles. The molecule has 2 rings (SSSR count). The number of benzene rings is 1. The monoisotopic (exact) mass is 353 g/mol. The second-order valence-electron chi connectivity index (χ2n) is 5.04. The molecule has 0 radical (unpaired) electrons. The van der Waals surface area contributed by atoms with Gasteiger partial charge in [0.05, 0.1) is 19.5 Å². The van der Waals surface area contributed by atoms with Gasteiger partial charge in [-0.25, -0.2) is 4.98 Å². The van der Waals surface area contributed by atoms with Gasteiger partial charge in [-0.05, 0) is 12.5 Å². The lowest BCUT2D eigenvalue weighted by Crippen LogP contribution is -2.47. The number of ether oxygens (including phenoxy) is 1. The van der Waals surface area contributed by atoms with E-state index in [0.717, 1.165) is 4.31 Å². The summed E-state index contributed by atoms with van der Waals surface area (Å²) < 4.78 is 40.6. The fourth-order valence-corrected chi connectivity index (χ4v) is 3.02. The van der Waals surface area contributed by atoms with Crippen molar-refractivity contribution >= 4 is 16.3 Å². The molecule has 0 aliphatic carbocycles. The zero-order valence-corrected chi connectivity index (χ0v) is 14.0. The molecule has 9 heteroatoms. The summed E-state index contributed by atoms with van der Waals surface area (Å²) in [7, 11) is -4.63. The van der Waals surface area contributed by atoms with E-state index in [1.54, 1.807) is 48.0 Å². The van der Waals surface area contributed by atoms with Crippen molar-refractivity contribution in [3.05, 3.63) is 54.6 Å². The van der Waals surface area contributed by atoms with Gasteiger partial charge >= 0.3 is 16.3 Å². The maximum Gasteiger partial charge on any atom is 0.337 e. The van der Waals surface area contributed by atoms with Crippen molar-refractivity contribution in [1.29, 1.82) is 0 Å². The molecule has 0 saturated carbocycles. The first-order chi connectivity index (χ1) is 11.4. The van der Waals surface area contributed by atoms with Crippen LogP contribution in [0.5, 0.6) is 0 Å². The second kappa shape index (κ2) is 8.04. The fraction of sp³-hybridized carbons (Fsp3) is 0.333. The molecule has 1 atom stereocenters. The van der Waals surface area contributed by atoms with Crippen molar-refractivity contribution in [3.8, 4) is 0 Å². The standard InChI is InChI=1S/C15H19N3O5S/c1-2-23-15(19)14(11-17-9-8-16-12-17)18(24(20,21)22)10-13-6-4-3-5-7-13/h3-9,12,14H,2,10-11H2,1H3,(H,20,21,22)/t14-/m0/s1. The third-order valence-electron chi connectivity index (χ3n) is 3.33. The lowest BCUT2D eigenvalue weighted by atomic mass is 10.2. The van der Waals surface area contributed by atoms with Crippen LogP contribution in [-0.2, 0) is 32.9 Å². The van der Waals surface area contributed by atoms with E-state index in [1.165, 1.54) is 12.5 Å². The number of aromatic nitrogens is 2. The topological polar surface area (TPSA) is 102 Å². The van der Waals surface area contributed by atoms with Crippen LogP contribution < -0.4 is 0 Å². The number of imidazole rings is 1. The van der Waals surface area contributed by atoms with Gasteiger partial charge in [0.15, 0.2) is 0 Å². The van der Waals surface area contributed by atoms with Crippen molar-refractivity contribution in [1.82, 2.24) is 13.9 Å². The van der Waals surface area contributed by atoms with Crippen molar-refractivity contribution in [2.24, 2.45) is 0 Å². The predicted octanol–water partition coefficient (Wildman–Crippen LogP) is 1.12. The van der Waals surface area contributed by atoms with Crippen LogP contribution in [-0.4, -0.2) is 45.4 Å². The number of rotatable bonds is 8. The van der Waals surface area contributed by atoms with Gasteiger partial charge in [-0.3, -0.25) is 9.35 Å². The van der Waals surface area contributed by atoms with Crippen LogP contribution in [0.4, 0.5) is 0 Å². The molecule has 8 nitrogen and oxygen atoms in total. The third kappa shape index (κ3) is 4.88. The molecule has 0 aliphatic heterocycles. The van der Waals surface area contributed by atoms with Crippen LogP contribution >= 0.6 is 0 Å². The summed E-state index contributed by atoms with van der Waals surface area (Å²) >= 11 is 0. The number of carbonyl (C=O) groups excluding carboxylic acids is 1. The van der Waals surface area contributed by atoms with Gasteiger partial charge in [-0.15, -0.1) is 0 Å². The fourth-order valence-electron chi connectivity index (χ4n) is 2.23. The van der Waals surface area contributed by atoms with Gasteiger partial charge in [0.2, 0.25) is 0 Å². The molecule has 130 valence electrons. The highest BCUT2D eigenvalue weighted by Gasteiger charge is 2.35. The maximum atomic E-state index is 12.3. The molecule has 0 saturated heterocycles. The van der Waals surface area contributed by atoms with Gasteiger partial charge in [0, 0.05) is 18.9 Å². The van der Waals surface area contributed by atoms with Crippen LogP contribution in [0, 0.1) is 0 Å². The van der Waals surface area contributed by atoms with E-state index in [1.807, 2.05) is 0 Å². The Morgan fingerprint density at radius 2 is 2.08 bits per heavy atom. The second-order valence-corrected chi connectivity index (χ2v) is 6.40. The average molecular weight is 353 g/mol. The number of hydrogen-bond acceptors (Lipinski definition) is 5. The van der Waals surface area contributed by atoms with E-state index in [9.17, 15) is 17.8 Å². The van der Waals surface area contributed by atoms with Gasteiger partial charge in [0.1, 0.15) is 6.04 Å². The van der Waals surface area contributed by atoms with Crippen LogP contribution in [0.3, 0.4) is 0 Å². The quantitative estimate of drug-likeness (QED) is 0.564. The Balaban J connectivity index is 2.34. The molecule has 1 aromatic heterocycles. The smallest absolute Gasteiger partial charge is 0.337 e. The summed E-state index contributed by atoms with van der Waals surface area (Å²) in [6, 6.07) is 7.47. The molecule has 0 aliphatic rings. The Hall–Kier alpha value is -2.23. The molecule has 0 amide bonds. The summed E-state index contributed by atoms with van der Waals surface area (Å²) in [6.07, 6.45) is 4.56. The number of carbonyl (C=O) groups is 1. The minimum Gasteiger partial charge on any atom is -0.465 e. The Morgan fingerprint density at radius 3 is 2.62 bits per heavy atom.